The number of hydrogen-bond donors (Lipinski definition) is 1. The van der Waals surface area contributed by atoms with Gasteiger partial charge in [-0.25, -0.2) is 0 Å². The van der Waals surface area contributed by atoms with E-state index in [1.54, 1.807) is 0 Å². The fourth-order valence-electron chi connectivity index (χ4n) is 2.84. The summed E-state index contributed by atoms with van der Waals surface area (Å²) in [4.78, 5) is 0. The quantitative estimate of drug-likeness (QED) is 0.783. The maximum absolute atomic E-state index is 10.4. The molecule has 2 rings (SSSR count). The molecule has 2 aliphatic rings. The monoisotopic (exact) mass is 228 g/mol. The van der Waals surface area contributed by atoms with Gasteiger partial charge in [-0.1, -0.05) is 19.3 Å². The topological polar surface area (TPSA) is 38.7 Å². The van der Waals surface area contributed by atoms with Crippen LogP contribution in [0.5, 0.6) is 0 Å². The fourth-order valence-corrected chi connectivity index (χ4v) is 2.84. The van der Waals surface area contributed by atoms with E-state index in [4.69, 9.17) is 9.47 Å². The highest BCUT2D eigenvalue weighted by Crippen LogP contribution is 2.37. The lowest BCUT2D eigenvalue weighted by Crippen LogP contribution is -2.50. The molecule has 1 N–H and O–H groups in total. The van der Waals surface area contributed by atoms with Crippen LogP contribution in [-0.4, -0.2) is 36.6 Å². The normalized spacial score (nSPS) is 27.4. The Morgan fingerprint density at radius 3 is 2.56 bits per heavy atom. The summed E-state index contributed by atoms with van der Waals surface area (Å²) < 4.78 is 11.2. The average Bonchev–Trinajstić information content (AvgIpc) is 2.25. The Labute approximate surface area is 98.1 Å². The summed E-state index contributed by atoms with van der Waals surface area (Å²) in [6.45, 7) is 4.14. The molecule has 16 heavy (non-hydrogen) atoms. The van der Waals surface area contributed by atoms with Gasteiger partial charge in [-0.2, -0.15) is 0 Å². The average molecular weight is 228 g/mol. The lowest BCUT2D eigenvalue weighted by Gasteiger charge is -2.42. The highest BCUT2D eigenvalue weighted by Gasteiger charge is 2.41. The number of aliphatic hydroxyl groups excluding tert-OH is 1. The van der Waals surface area contributed by atoms with Crippen molar-refractivity contribution in [1.82, 2.24) is 0 Å². The molecule has 3 heteroatoms. The third-order valence-corrected chi connectivity index (χ3v) is 4.16. The standard InChI is InChI=1S/C13H24O3/c1-2-16-13(6-8-15-9-7-13)12(14)10-11-4-3-5-11/h11-12,14H,2-10H2,1H3. The zero-order valence-corrected chi connectivity index (χ0v) is 10.3. The minimum atomic E-state index is -0.317. The van der Waals surface area contributed by atoms with Gasteiger partial charge in [-0.05, 0) is 19.3 Å². The van der Waals surface area contributed by atoms with E-state index >= 15 is 0 Å². The Balaban J connectivity index is 1.92. The molecule has 1 atom stereocenters. The van der Waals surface area contributed by atoms with E-state index in [2.05, 4.69) is 0 Å². The van der Waals surface area contributed by atoms with Crippen molar-refractivity contribution in [3.8, 4) is 0 Å². The van der Waals surface area contributed by atoms with Crippen molar-refractivity contribution >= 4 is 0 Å². The molecule has 1 aliphatic carbocycles. The summed E-state index contributed by atoms with van der Waals surface area (Å²) in [5.74, 6) is 0.732. The van der Waals surface area contributed by atoms with Crippen molar-refractivity contribution in [2.24, 2.45) is 5.92 Å². The first kappa shape index (κ1) is 12.3. The maximum Gasteiger partial charge on any atom is 0.0983 e. The van der Waals surface area contributed by atoms with Gasteiger partial charge in [0.15, 0.2) is 0 Å². The second kappa shape index (κ2) is 5.48. The minimum Gasteiger partial charge on any atom is -0.390 e. The lowest BCUT2D eigenvalue weighted by molar-refractivity contribution is -0.171. The van der Waals surface area contributed by atoms with Gasteiger partial charge >= 0.3 is 0 Å². The van der Waals surface area contributed by atoms with Gasteiger partial charge in [0.05, 0.1) is 11.7 Å². The molecule has 3 nitrogen and oxygen atoms in total. The fraction of sp³-hybridized carbons (Fsp3) is 1.00. The van der Waals surface area contributed by atoms with Gasteiger partial charge < -0.3 is 14.6 Å². The maximum atomic E-state index is 10.4. The van der Waals surface area contributed by atoms with Crippen molar-refractivity contribution in [1.29, 1.82) is 0 Å². The SMILES string of the molecule is CCOC1(C(O)CC2CCC2)CCOCC1. The highest BCUT2D eigenvalue weighted by molar-refractivity contribution is 4.92. The van der Waals surface area contributed by atoms with Gasteiger partial charge in [-0.15, -0.1) is 0 Å². The number of aliphatic hydroxyl groups is 1. The van der Waals surface area contributed by atoms with Crippen molar-refractivity contribution in [2.75, 3.05) is 19.8 Å². The van der Waals surface area contributed by atoms with Crippen LogP contribution in [0.2, 0.25) is 0 Å². The molecule has 2 fully saturated rings. The zero-order valence-electron chi connectivity index (χ0n) is 10.3. The van der Waals surface area contributed by atoms with Crippen LogP contribution in [0.3, 0.4) is 0 Å². The van der Waals surface area contributed by atoms with Crippen molar-refractivity contribution in [3.05, 3.63) is 0 Å². The Morgan fingerprint density at radius 2 is 2.06 bits per heavy atom. The second-order valence-corrected chi connectivity index (χ2v) is 5.16. The minimum absolute atomic E-state index is 0.304. The summed E-state index contributed by atoms with van der Waals surface area (Å²) in [6, 6.07) is 0. The summed E-state index contributed by atoms with van der Waals surface area (Å²) in [7, 11) is 0. The Morgan fingerprint density at radius 1 is 1.38 bits per heavy atom. The summed E-state index contributed by atoms with van der Waals surface area (Å²) in [6.07, 6.45) is 6.21. The second-order valence-electron chi connectivity index (χ2n) is 5.16. The van der Waals surface area contributed by atoms with E-state index in [1.807, 2.05) is 6.92 Å². The van der Waals surface area contributed by atoms with Crippen LogP contribution in [0, 0.1) is 5.92 Å². The molecular formula is C13H24O3. The number of rotatable bonds is 5. The van der Waals surface area contributed by atoms with E-state index in [9.17, 15) is 5.11 Å². The van der Waals surface area contributed by atoms with Crippen LogP contribution >= 0.6 is 0 Å². The van der Waals surface area contributed by atoms with Crippen molar-refractivity contribution < 1.29 is 14.6 Å². The van der Waals surface area contributed by atoms with Crippen LogP contribution < -0.4 is 0 Å². The Hall–Kier alpha value is -0.120. The molecule has 1 unspecified atom stereocenters. The van der Waals surface area contributed by atoms with E-state index < -0.39 is 0 Å². The predicted octanol–water partition coefficient (Wildman–Crippen LogP) is 2.12. The largest absolute Gasteiger partial charge is 0.390 e. The Kier molecular flexibility index (Phi) is 4.22. The van der Waals surface area contributed by atoms with Crippen molar-refractivity contribution in [3.63, 3.8) is 0 Å². The van der Waals surface area contributed by atoms with E-state index in [0.717, 1.165) is 38.4 Å². The molecule has 0 bridgehead atoms. The molecule has 0 amide bonds. The van der Waals surface area contributed by atoms with E-state index in [-0.39, 0.29) is 11.7 Å². The van der Waals surface area contributed by atoms with Crippen LogP contribution in [0.15, 0.2) is 0 Å². The first-order chi connectivity index (χ1) is 7.77. The third kappa shape index (κ3) is 2.58. The van der Waals surface area contributed by atoms with Crippen LogP contribution in [-0.2, 0) is 9.47 Å². The molecule has 1 aliphatic heterocycles. The smallest absolute Gasteiger partial charge is 0.0983 e. The summed E-state index contributed by atoms with van der Waals surface area (Å²) >= 11 is 0. The predicted molar refractivity (Wildman–Crippen MR) is 62.4 cm³/mol. The first-order valence-electron chi connectivity index (χ1n) is 6.66. The van der Waals surface area contributed by atoms with Crippen LogP contribution in [0.25, 0.3) is 0 Å². The summed E-state index contributed by atoms with van der Waals surface area (Å²) in [5, 5.41) is 10.4. The molecule has 0 radical (unpaired) electrons. The van der Waals surface area contributed by atoms with E-state index in [0.29, 0.717) is 6.61 Å². The molecule has 1 heterocycles. The van der Waals surface area contributed by atoms with Gasteiger partial charge in [-0.3, -0.25) is 0 Å². The molecular weight excluding hydrogens is 204 g/mol. The van der Waals surface area contributed by atoms with Crippen LogP contribution in [0.1, 0.15) is 45.4 Å². The van der Waals surface area contributed by atoms with Gasteiger partial charge in [0, 0.05) is 32.7 Å². The molecule has 0 aromatic rings. The third-order valence-electron chi connectivity index (χ3n) is 4.16. The Bertz CT molecular complexity index is 202. The molecule has 0 aromatic heterocycles. The molecule has 1 saturated heterocycles. The van der Waals surface area contributed by atoms with Gasteiger partial charge in [0.25, 0.3) is 0 Å². The number of ether oxygens (including phenoxy) is 2. The number of hydrogen-bond acceptors (Lipinski definition) is 3. The van der Waals surface area contributed by atoms with Crippen molar-refractivity contribution in [2.45, 2.75) is 57.2 Å². The molecule has 0 aromatic carbocycles. The van der Waals surface area contributed by atoms with Crippen LogP contribution in [0.4, 0.5) is 0 Å². The summed E-state index contributed by atoms with van der Waals surface area (Å²) in [5.41, 5.74) is -0.317. The molecule has 1 saturated carbocycles. The van der Waals surface area contributed by atoms with Gasteiger partial charge in [0.2, 0.25) is 0 Å². The van der Waals surface area contributed by atoms with E-state index in [1.165, 1.54) is 19.3 Å². The first-order valence-corrected chi connectivity index (χ1v) is 6.66. The molecule has 94 valence electrons. The highest BCUT2D eigenvalue weighted by atomic mass is 16.5. The lowest BCUT2D eigenvalue weighted by atomic mass is 9.76. The van der Waals surface area contributed by atoms with Gasteiger partial charge in [0.1, 0.15) is 0 Å². The zero-order chi connectivity index (χ0) is 11.4. The molecule has 0 spiro atoms.